The average molecular weight is 391 g/mol. The highest BCUT2D eigenvalue weighted by atomic mass is 79.9. The second-order valence-corrected chi connectivity index (χ2v) is 9.00. The number of ether oxygens (including phenoxy) is 1. The molecule has 0 spiro atoms. The third-order valence-electron chi connectivity index (χ3n) is 6.66. The maximum absolute atomic E-state index is 12.6. The van der Waals surface area contributed by atoms with Gasteiger partial charge in [0.25, 0.3) is 0 Å². The van der Waals surface area contributed by atoms with E-state index in [-0.39, 0.29) is 16.2 Å². The van der Waals surface area contributed by atoms with Crippen LogP contribution in [0.15, 0.2) is 18.2 Å². The Hall–Kier alpha value is -1.16. The van der Waals surface area contributed by atoms with Crippen LogP contribution in [-0.4, -0.2) is 16.6 Å². The monoisotopic (exact) mass is 390 g/mol. The summed E-state index contributed by atoms with van der Waals surface area (Å²) in [5.41, 5.74) is 2.60. The van der Waals surface area contributed by atoms with Crippen molar-refractivity contribution >= 4 is 27.7 Å². The molecule has 4 heteroatoms. The van der Waals surface area contributed by atoms with Crippen molar-refractivity contribution in [1.29, 1.82) is 0 Å². The molecule has 0 aromatic heterocycles. The summed E-state index contributed by atoms with van der Waals surface area (Å²) in [6.07, 6.45) is 5.21. The molecular weight excluding hydrogens is 368 g/mol. The highest BCUT2D eigenvalue weighted by Crippen LogP contribution is 2.60. The topological polar surface area (TPSA) is 43.4 Å². The van der Waals surface area contributed by atoms with Gasteiger partial charge in [0, 0.05) is 12.3 Å². The molecule has 0 amide bonds. The first-order valence-corrected chi connectivity index (χ1v) is 9.81. The number of fused-ring (bicyclic) bond motifs is 5. The molecule has 5 atom stereocenters. The van der Waals surface area contributed by atoms with E-state index in [4.69, 9.17) is 4.74 Å². The van der Waals surface area contributed by atoms with Crippen molar-refractivity contribution in [3.8, 4) is 5.75 Å². The zero-order valence-corrected chi connectivity index (χ0v) is 15.8. The van der Waals surface area contributed by atoms with Gasteiger partial charge in [-0.1, -0.05) is 28.9 Å². The summed E-state index contributed by atoms with van der Waals surface area (Å²) in [6.45, 7) is 3.63. The van der Waals surface area contributed by atoms with Crippen LogP contribution >= 0.6 is 15.9 Å². The molecule has 2 fully saturated rings. The zero-order chi connectivity index (χ0) is 17.1. The van der Waals surface area contributed by atoms with Crippen molar-refractivity contribution in [2.75, 3.05) is 0 Å². The van der Waals surface area contributed by atoms with Crippen molar-refractivity contribution in [2.24, 2.45) is 17.3 Å². The number of aryl methyl sites for hydroxylation is 1. The van der Waals surface area contributed by atoms with E-state index >= 15 is 0 Å². The van der Waals surface area contributed by atoms with Crippen LogP contribution in [0.5, 0.6) is 5.75 Å². The SMILES string of the molecule is CC(=O)Oc1ccc2c(c1)CC[C@H]1[C@H]3C[C@@H](Br)C(=O)[C@]3(C)CC[C@@H]21. The molecule has 0 aliphatic heterocycles. The number of carbonyl (C=O) groups is 2. The van der Waals surface area contributed by atoms with Crippen LogP contribution in [0.2, 0.25) is 0 Å². The van der Waals surface area contributed by atoms with Crippen LogP contribution in [0.25, 0.3) is 0 Å². The van der Waals surface area contributed by atoms with E-state index in [2.05, 4.69) is 28.9 Å². The molecule has 0 saturated heterocycles. The van der Waals surface area contributed by atoms with E-state index < -0.39 is 0 Å². The lowest BCUT2D eigenvalue weighted by Gasteiger charge is -2.48. The number of alkyl halides is 1. The van der Waals surface area contributed by atoms with Crippen LogP contribution in [0.1, 0.15) is 56.6 Å². The van der Waals surface area contributed by atoms with Gasteiger partial charge >= 0.3 is 5.97 Å². The second-order valence-electron chi connectivity index (χ2n) is 7.89. The van der Waals surface area contributed by atoms with Crippen molar-refractivity contribution in [1.82, 2.24) is 0 Å². The van der Waals surface area contributed by atoms with Gasteiger partial charge in [0.05, 0.1) is 4.83 Å². The Morgan fingerprint density at radius 1 is 1.33 bits per heavy atom. The number of carbonyl (C=O) groups excluding carboxylic acids is 2. The standard InChI is InChI=1S/C20H23BrO3/c1-11(22)24-13-4-6-14-12(9-13)3-5-16-15(14)7-8-20(2)17(16)10-18(21)19(20)23/h4,6,9,15-18H,3,5,7-8,10H2,1-2H3/t15-,16+,17+,18+,20+/m0/s1. The molecular formula is C20H23BrO3. The van der Waals surface area contributed by atoms with Gasteiger partial charge in [-0.15, -0.1) is 0 Å². The Morgan fingerprint density at radius 3 is 2.88 bits per heavy atom. The van der Waals surface area contributed by atoms with Crippen molar-refractivity contribution in [3.05, 3.63) is 29.3 Å². The molecule has 1 aromatic carbocycles. The Bertz CT molecular complexity index is 713. The van der Waals surface area contributed by atoms with Crippen molar-refractivity contribution < 1.29 is 14.3 Å². The molecule has 0 unspecified atom stereocenters. The normalized spacial score (nSPS) is 37.4. The molecule has 3 nitrogen and oxygen atoms in total. The van der Waals surface area contributed by atoms with Gasteiger partial charge in [-0.25, -0.2) is 0 Å². The fourth-order valence-corrected chi connectivity index (χ4v) is 6.46. The Kier molecular flexibility index (Phi) is 3.87. The van der Waals surface area contributed by atoms with Gasteiger partial charge in [-0.3, -0.25) is 9.59 Å². The molecule has 128 valence electrons. The number of hydrogen-bond donors (Lipinski definition) is 0. The van der Waals surface area contributed by atoms with Gasteiger partial charge < -0.3 is 4.74 Å². The van der Waals surface area contributed by atoms with Crippen LogP contribution in [0.4, 0.5) is 0 Å². The van der Waals surface area contributed by atoms with Crippen LogP contribution < -0.4 is 4.74 Å². The van der Waals surface area contributed by atoms with Crippen molar-refractivity contribution in [2.45, 2.75) is 56.7 Å². The number of rotatable bonds is 1. The lowest BCUT2D eigenvalue weighted by molar-refractivity contribution is -0.132. The Balaban J connectivity index is 1.65. The quantitative estimate of drug-likeness (QED) is 0.405. The molecule has 1 aromatic rings. The maximum Gasteiger partial charge on any atom is 0.308 e. The van der Waals surface area contributed by atoms with E-state index in [1.54, 1.807) is 0 Å². The highest BCUT2D eigenvalue weighted by molar-refractivity contribution is 9.10. The van der Waals surface area contributed by atoms with Crippen molar-refractivity contribution in [3.63, 3.8) is 0 Å². The molecule has 0 bridgehead atoms. The largest absolute Gasteiger partial charge is 0.427 e. The Morgan fingerprint density at radius 2 is 2.12 bits per heavy atom. The number of halogens is 1. The van der Waals surface area contributed by atoms with Gasteiger partial charge in [-0.2, -0.15) is 0 Å². The number of hydrogen-bond acceptors (Lipinski definition) is 3. The van der Waals surface area contributed by atoms with E-state index in [0.717, 1.165) is 32.1 Å². The van der Waals surface area contributed by atoms with Gasteiger partial charge in [-0.05, 0) is 73.1 Å². The molecule has 24 heavy (non-hydrogen) atoms. The molecule has 3 aliphatic carbocycles. The predicted molar refractivity (Wildman–Crippen MR) is 95.5 cm³/mol. The molecule has 2 saturated carbocycles. The minimum absolute atomic E-state index is 0.0407. The van der Waals surface area contributed by atoms with E-state index in [0.29, 0.717) is 29.3 Å². The molecule has 4 rings (SSSR count). The number of benzene rings is 1. The fourth-order valence-electron chi connectivity index (χ4n) is 5.54. The lowest BCUT2D eigenvalue weighted by atomic mass is 9.55. The minimum atomic E-state index is -0.273. The van der Waals surface area contributed by atoms with E-state index in [1.165, 1.54) is 18.1 Å². The third-order valence-corrected chi connectivity index (χ3v) is 7.45. The first kappa shape index (κ1) is 16.3. The van der Waals surface area contributed by atoms with Crippen LogP contribution in [0.3, 0.4) is 0 Å². The maximum atomic E-state index is 12.6. The smallest absolute Gasteiger partial charge is 0.308 e. The van der Waals surface area contributed by atoms with Gasteiger partial charge in [0.15, 0.2) is 5.78 Å². The second kappa shape index (κ2) is 5.69. The summed E-state index contributed by atoms with van der Waals surface area (Å²) in [5.74, 6) is 2.43. The van der Waals surface area contributed by atoms with Crippen LogP contribution in [-0.2, 0) is 16.0 Å². The third kappa shape index (κ3) is 2.37. The molecule has 0 heterocycles. The van der Waals surface area contributed by atoms with E-state index in [1.807, 2.05) is 12.1 Å². The summed E-state index contributed by atoms with van der Waals surface area (Å²) in [7, 11) is 0. The first-order valence-electron chi connectivity index (χ1n) is 8.90. The minimum Gasteiger partial charge on any atom is -0.427 e. The number of ketones is 1. The highest BCUT2D eigenvalue weighted by Gasteiger charge is 2.57. The van der Waals surface area contributed by atoms with Crippen LogP contribution in [0, 0.1) is 17.3 Å². The average Bonchev–Trinajstić information content (AvgIpc) is 2.77. The fraction of sp³-hybridized carbons (Fsp3) is 0.600. The van der Waals surface area contributed by atoms with E-state index in [9.17, 15) is 9.59 Å². The molecule has 0 N–H and O–H groups in total. The summed E-state index contributed by atoms with van der Waals surface area (Å²) in [6, 6.07) is 6.10. The first-order chi connectivity index (χ1) is 11.4. The number of Topliss-reactive ketones (excluding diaryl/α,β-unsaturated/α-hetero) is 1. The zero-order valence-electron chi connectivity index (χ0n) is 14.2. The Labute approximate surface area is 151 Å². The summed E-state index contributed by atoms with van der Waals surface area (Å²) < 4.78 is 5.24. The van der Waals surface area contributed by atoms with Gasteiger partial charge in [0.2, 0.25) is 0 Å². The molecule has 3 aliphatic rings. The predicted octanol–water partition coefficient (Wildman–Crippen LogP) is 4.41. The molecule has 0 radical (unpaired) electrons. The number of esters is 1. The summed E-state index contributed by atoms with van der Waals surface area (Å²) in [5, 5.41) is 0. The summed E-state index contributed by atoms with van der Waals surface area (Å²) >= 11 is 3.61. The van der Waals surface area contributed by atoms with Gasteiger partial charge in [0.1, 0.15) is 5.75 Å². The lowest BCUT2D eigenvalue weighted by Crippen LogP contribution is -2.42. The summed E-state index contributed by atoms with van der Waals surface area (Å²) in [4.78, 5) is 23.8.